The van der Waals surface area contributed by atoms with Gasteiger partial charge >= 0.3 is 0 Å². The van der Waals surface area contributed by atoms with Crippen molar-refractivity contribution in [1.82, 2.24) is 10.3 Å². The van der Waals surface area contributed by atoms with Gasteiger partial charge in [-0.2, -0.15) is 0 Å². The maximum atomic E-state index is 13.3. The highest BCUT2D eigenvalue weighted by molar-refractivity contribution is 5.94. The molecule has 86 valence electrons. The molecule has 1 aromatic heterocycles. The van der Waals surface area contributed by atoms with Crippen molar-refractivity contribution in [2.75, 3.05) is 6.54 Å². The molecule has 1 heterocycles. The molecule has 0 aliphatic heterocycles. The minimum atomic E-state index is -0.605. The van der Waals surface area contributed by atoms with Gasteiger partial charge < -0.3 is 11.1 Å². The number of pyridine rings is 1. The number of hydrogen-bond acceptors (Lipinski definition) is 3. The van der Waals surface area contributed by atoms with Gasteiger partial charge in [-0.3, -0.25) is 9.78 Å². The normalized spacial score (nSPS) is 17.6. The number of aromatic nitrogens is 1. The van der Waals surface area contributed by atoms with E-state index in [-0.39, 0.29) is 11.1 Å². The summed E-state index contributed by atoms with van der Waals surface area (Å²) >= 11 is 0. The number of rotatable bonds is 3. The average molecular weight is 223 g/mol. The molecule has 5 heteroatoms. The number of halogens is 1. The van der Waals surface area contributed by atoms with Gasteiger partial charge in [0.1, 0.15) is 0 Å². The van der Waals surface area contributed by atoms with Crippen LogP contribution in [-0.4, -0.2) is 23.0 Å². The van der Waals surface area contributed by atoms with E-state index in [0.29, 0.717) is 6.54 Å². The summed E-state index contributed by atoms with van der Waals surface area (Å²) in [6.07, 6.45) is 5.21. The number of carbonyl (C=O) groups excluding carboxylic acids is 1. The molecule has 1 fully saturated rings. The fourth-order valence-electron chi connectivity index (χ4n) is 1.85. The second kappa shape index (κ2) is 4.17. The highest BCUT2D eigenvalue weighted by Crippen LogP contribution is 2.30. The lowest BCUT2D eigenvalue weighted by atomic mass is 9.76. The Kier molecular flexibility index (Phi) is 2.87. The number of carbonyl (C=O) groups is 1. The summed E-state index contributed by atoms with van der Waals surface area (Å²) in [4.78, 5) is 15.4. The minimum absolute atomic E-state index is 0.0229. The fourth-order valence-corrected chi connectivity index (χ4v) is 1.85. The smallest absolute Gasteiger partial charge is 0.254 e. The van der Waals surface area contributed by atoms with Crippen LogP contribution >= 0.6 is 0 Å². The third kappa shape index (κ3) is 1.90. The first-order chi connectivity index (χ1) is 7.67. The Hall–Kier alpha value is -1.49. The Morgan fingerprint density at radius 3 is 2.88 bits per heavy atom. The first-order valence-corrected chi connectivity index (χ1v) is 5.29. The predicted octanol–water partition coefficient (Wildman–Crippen LogP) is 0.832. The molecule has 1 aliphatic rings. The zero-order valence-corrected chi connectivity index (χ0v) is 8.87. The van der Waals surface area contributed by atoms with E-state index in [2.05, 4.69) is 10.3 Å². The standard InChI is InChI=1S/C11H14FN3O/c12-9-6-14-5-2-8(9)10(16)15-11(7-13)3-1-4-11/h2,5-6H,1,3-4,7,13H2,(H,15,16). The Balaban J connectivity index is 2.11. The number of hydrogen-bond donors (Lipinski definition) is 2. The van der Waals surface area contributed by atoms with Crippen molar-refractivity contribution >= 4 is 5.91 Å². The van der Waals surface area contributed by atoms with Crippen LogP contribution in [0.25, 0.3) is 0 Å². The highest BCUT2D eigenvalue weighted by Gasteiger charge is 2.37. The van der Waals surface area contributed by atoms with Gasteiger partial charge in [-0.1, -0.05) is 0 Å². The van der Waals surface area contributed by atoms with Crippen LogP contribution < -0.4 is 11.1 Å². The summed E-state index contributed by atoms with van der Waals surface area (Å²) in [5.41, 5.74) is 5.31. The molecule has 1 aliphatic carbocycles. The van der Waals surface area contributed by atoms with E-state index in [0.717, 1.165) is 25.5 Å². The Morgan fingerprint density at radius 2 is 2.38 bits per heavy atom. The quantitative estimate of drug-likeness (QED) is 0.797. The number of amides is 1. The van der Waals surface area contributed by atoms with Gasteiger partial charge in [0, 0.05) is 12.7 Å². The van der Waals surface area contributed by atoms with E-state index in [9.17, 15) is 9.18 Å². The second-order valence-electron chi connectivity index (χ2n) is 4.15. The molecule has 3 N–H and O–H groups in total. The minimum Gasteiger partial charge on any atom is -0.345 e. The summed E-state index contributed by atoms with van der Waals surface area (Å²) in [5.74, 6) is -1.02. The molecule has 0 spiro atoms. The van der Waals surface area contributed by atoms with Gasteiger partial charge in [0.05, 0.1) is 17.3 Å². The number of nitrogens with zero attached hydrogens (tertiary/aromatic N) is 1. The number of nitrogens with two attached hydrogens (primary N) is 1. The Labute approximate surface area is 93.1 Å². The Morgan fingerprint density at radius 1 is 1.62 bits per heavy atom. The van der Waals surface area contributed by atoms with E-state index in [1.165, 1.54) is 12.3 Å². The molecular weight excluding hydrogens is 209 g/mol. The fraction of sp³-hybridized carbons (Fsp3) is 0.455. The third-order valence-electron chi connectivity index (χ3n) is 3.10. The predicted molar refractivity (Wildman–Crippen MR) is 57.3 cm³/mol. The first-order valence-electron chi connectivity index (χ1n) is 5.29. The Bertz CT molecular complexity index is 398. The third-order valence-corrected chi connectivity index (χ3v) is 3.10. The van der Waals surface area contributed by atoms with E-state index in [1.807, 2.05) is 0 Å². The van der Waals surface area contributed by atoms with Crippen LogP contribution in [0.3, 0.4) is 0 Å². The highest BCUT2D eigenvalue weighted by atomic mass is 19.1. The molecule has 16 heavy (non-hydrogen) atoms. The maximum absolute atomic E-state index is 13.3. The molecule has 0 aromatic carbocycles. The van der Waals surface area contributed by atoms with Crippen molar-refractivity contribution in [3.8, 4) is 0 Å². The molecular formula is C11H14FN3O. The van der Waals surface area contributed by atoms with Gasteiger partial charge in [-0.15, -0.1) is 0 Å². The first kappa shape index (κ1) is 11.0. The van der Waals surface area contributed by atoms with Crippen molar-refractivity contribution < 1.29 is 9.18 Å². The van der Waals surface area contributed by atoms with Gasteiger partial charge in [-0.05, 0) is 25.3 Å². The van der Waals surface area contributed by atoms with Gasteiger partial charge in [0.2, 0.25) is 0 Å². The molecule has 1 aromatic rings. The van der Waals surface area contributed by atoms with Crippen molar-refractivity contribution in [2.45, 2.75) is 24.8 Å². The molecule has 0 bridgehead atoms. The lowest BCUT2D eigenvalue weighted by Gasteiger charge is -2.41. The van der Waals surface area contributed by atoms with Crippen LogP contribution in [0.4, 0.5) is 4.39 Å². The van der Waals surface area contributed by atoms with Gasteiger partial charge in [0.15, 0.2) is 5.82 Å². The topological polar surface area (TPSA) is 68.0 Å². The van der Waals surface area contributed by atoms with Crippen LogP contribution in [0.5, 0.6) is 0 Å². The van der Waals surface area contributed by atoms with Crippen LogP contribution in [0, 0.1) is 5.82 Å². The number of nitrogens with one attached hydrogen (secondary N) is 1. The van der Waals surface area contributed by atoms with Gasteiger partial charge in [-0.25, -0.2) is 4.39 Å². The van der Waals surface area contributed by atoms with E-state index in [4.69, 9.17) is 5.73 Å². The van der Waals surface area contributed by atoms with Crippen molar-refractivity contribution in [3.05, 3.63) is 29.8 Å². The van der Waals surface area contributed by atoms with Gasteiger partial charge in [0.25, 0.3) is 5.91 Å². The SMILES string of the molecule is NCC1(NC(=O)c2ccncc2F)CCC1. The van der Waals surface area contributed by atoms with Crippen LogP contribution in [0.1, 0.15) is 29.6 Å². The molecule has 0 atom stereocenters. The second-order valence-corrected chi connectivity index (χ2v) is 4.15. The lowest BCUT2D eigenvalue weighted by molar-refractivity contribution is 0.0833. The monoisotopic (exact) mass is 223 g/mol. The van der Waals surface area contributed by atoms with Crippen LogP contribution in [-0.2, 0) is 0 Å². The molecule has 0 saturated heterocycles. The summed E-state index contributed by atoms with van der Waals surface area (Å²) < 4.78 is 13.3. The van der Waals surface area contributed by atoms with E-state index >= 15 is 0 Å². The lowest BCUT2D eigenvalue weighted by Crippen LogP contribution is -2.58. The zero-order valence-electron chi connectivity index (χ0n) is 8.87. The molecule has 0 unspecified atom stereocenters. The van der Waals surface area contributed by atoms with Crippen LogP contribution in [0.15, 0.2) is 18.5 Å². The van der Waals surface area contributed by atoms with E-state index in [1.54, 1.807) is 0 Å². The van der Waals surface area contributed by atoms with Crippen LogP contribution in [0.2, 0.25) is 0 Å². The maximum Gasteiger partial charge on any atom is 0.254 e. The largest absolute Gasteiger partial charge is 0.345 e. The van der Waals surface area contributed by atoms with Crippen molar-refractivity contribution in [3.63, 3.8) is 0 Å². The molecule has 4 nitrogen and oxygen atoms in total. The van der Waals surface area contributed by atoms with Crippen molar-refractivity contribution in [2.24, 2.45) is 5.73 Å². The molecule has 2 rings (SSSR count). The van der Waals surface area contributed by atoms with Crippen molar-refractivity contribution in [1.29, 1.82) is 0 Å². The molecule has 1 saturated carbocycles. The average Bonchev–Trinajstić information content (AvgIpc) is 2.24. The summed E-state index contributed by atoms with van der Waals surface area (Å²) in [7, 11) is 0. The summed E-state index contributed by atoms with van der Waals surface area (Å²) in [5, 5.41) is 2.80. The molecule has 1 amide bonds. The zero-order chi connectivity index (χ0) is 11.6. The summed E-state index contributed by atoms with van der Waals surface area (Å²) in [6.45, 7) is 0.394. The molecule has 0 radical (unpaired) electrons. The van der Waals surface area contributed by atoms with E-state index < -0.39 is 11.7 Å². The summed E-state index contributed by atoms with van der Waals surface area (Å²) in [6, 6.07) is 1.37.